The van der Waals surface area contributed by atoms with E-state index in [0.29, 0.717) is 0 Å². The Kier molecular flexibility index (Phi) is 3.32. The topological polar surface area (TPSA) is 82.1 Å². The molecular formula is C19H24O6. The van der Waals surface area contributed by atoms with Crippen molar-refractivity contribution in [2.24, 2.45) is 17.3 Å². The molecule has 0 radical (unpaired) electrons. The molecule has 4 fully saturated rings. The Morgan fingerprint density at radius 1 is 1.40 bits per heavy atom. The van der Waals surface area contributed by atoms with Gasteiger partial charge in [0.1, 0.15) is 18.3 Å². The average Bonchev–Trinajstić information content (AvgIpc) is 3.13. The second-order valence-electron chi connectivity index (χ2n) is 8.32. The van der Waals surface area contributed by atoms with Gasteiger partial charge in [-0.15, -0.1) is 0 Å². The van der Waals surface area contributed by atoms with E-state index in [2.05, 4.69) is 13.2 Å². The molecule has 8 atom stereocenters. The molecule has 0 unspecified atom stereocenters. The summed E-state index contributed by atoms with van der Waals surface area (Å²) >= 11 is 0. The zero-order valence-corrected chi connectivity index (χ0v) is 14.8. The standard InChI is InChI=1S/C19H24O6/c1-8(2)16(21)23-12-11-9(3)17(22)24-13(11)15(20)19(5)10-6-7-18(4,25-10)14(12)19/h10-15,20H,1,3,6-7H2,2,4-5H3/t10-,11+,12+,13+,14+,15-,18+,19+/m1/s1. The van der Waals surface area contributed by atoms with Gasteiger partial charge in [-0.2, -0.15) is 0 Å². The smallest absolute Gasteiger partial charge is 0.334 e. The zero-order chi connectivity index (χ0) is 18.3. The van der Waals surface area contributed by atoms with Crippen LogP contribution >= 0.6 is 0 Å². The lowest BCUT2D eigenvalue weighted by Crippen LogP contribution is -2.65. The molecule has 3 aliphatic heterocycles. The molecule has 0 aromatic heterocycles. The predicted molar refractivity (Wildman–Crippen MR) is 87.3 cm³/mol. The van der Waals surface area contributed by atoms with Gasteiger partial charge in [0.25, 0.3) is 0 Å². The molecule has 1 saturated carbocycles. The zero-order valence-electron chi connectivity index (χ0n) is 14.8. The van der Waals surface area contributed by atoms with Crippen molar-refractivity contribution in [3.8, 4) is 0 Å². The van der Waals surface area contributed by atoms with Crippen molar-refractivity contribution in [3.05, 3.63) is 24.3 Å². The van der Waals surface area contributed by atoms with E-state index in [1.165, 1.54) is 0 Å². The van der Waals surface area contributed by atoms with Crippen LogP contribution in [-0.4, -0.2) is 47.1 Å². The van der Waals surface area contributed by atoms with Gasteiger partial charge in [0.05, 0.1) is 17.6 Å². The van der Waals surface area contributed by atoms with E-state index in [-0.39, 0.29) is 23.2 Å². The molecule has 3 saturated heterocycles. The maximum absolute atomic E-state index is 12.3. The highest BCUT2D eigenvalue weighted by Crippen LogP contribution is 2.66. The lowest BCUT2D eigenvalue weighted by Gasteiger charge is -2.54. The molecule has 4 aliphatic rings. The number of esters is 2. The van der Waals surface area contributed by atoms with Gasteiger partial charge in [-0.25, -0.2) is 9.59 Å². The number of carbonyl (C=O) groups is 2. The highest BCUT2D eigenvalue weighted by Gasteiger charge is 2.75. The van der Waals surface area contributed by atoms with E-state index < -0.39 is 47.2 Å². The van der Waals surface area contributed by atoms with Crippen LogP contribution in [0, 0.1) is 17.3 Å². The summed E-state index contributed by atoms with van der Waals surface area (Å²) in [5.74, 6) is -1.86. The first-order chi connectivity index (χ1) is 11.6. The Labute approximate surface area is 146 Å². The van der Waals surface area contributed by atoms with Gasteiger partial charge in [0, 0.05) is 22.5 Å². The van der Waals surface area contributed by atoms with Crippen molar-refractivity contribution >= 4 is 11.9 Å². The van der Waals surface area contributed by atoms with Crippen molar-refractivity contribution in [2.45, 2.75) is 63.6 Å². The summed E-state index contributed by atoms with van der Waals surface area (Å²) in [6, 6.07) is 0. The van der Waals surface area contributed by atoms with Crippen molar-refractivity contribution in [1.29, 1.82) is 0 Å². The van der Waals surface area contributed by atoms with Crippen LogP contribution in [-0.2, 0) is 23.8 Å². The molecule has 1 N–H and O–H groups in total. The first-order valence-corrected chi connectivity index (χ1v) is 8.73. The number of aliphatic hydroxyl groups excluding tert-OH is 1. The van der Waals surface area contributed by atoms with Crippen LogP contribution in [0.3, 0.4) is 0 Å². The first-order valence-electron chi connectivity index (χ1n) is 8.73. The average molecular weight is 348 g/mol. The van der Waals surface area contributed by atoms with Crippen LogP contribution in [0.4, 0.5) is 0 Å². The van der Waals surface area contributed by atoms with Gasteiger partial charge in [-0.3, -0.25) is 0 Å². The van der Waals surface area contributed by atoms with Gasteiger partial charge >= 0.3 is 11.9 Å². The third kappa shape index (κ3) is 1.92. The highest BCUT2D eigenvalue weighted by molar-refractivity contribution is 5.92. The van der Waals surface area contributed by atoms with Crippen LogP contribution < -0.4 is 0 Å². The summed E-state index contributed by atoms with van der Waals surface area (Å²) in [5.41, 5.74) is -0.636. The third-order valence-corrected chi connectivity index (χ3v) is 6.82. The highest BCUT2D eigenvalue weighted by atomic mass is 16.6. The largest absolute Gasteiger partial charge is 0.458 e. The number of carbonyl (C=O) groups excluding carboxylic acids is 2. The van der Waals surface area contributed by atoms with Crippen molar-refractivity contribution < 1.29 is 28.9 Å². The van der Waals surface area contributed by atoms with Crippen LogP contribution in [0.25, 0.3) is 0 Å². The van der Waals surface area contributed by atoms with Crippen LogP contribution in [0.5, 0.6) is 0 Å². The number of aliphatic hydroxyl groups is 1. The maximum atomic E-state index is 12.3. The molecule has 2 bridgehead atoms. The summed E-state index contributed by atoms with van der Waals surface area (Å²) in [6.07, 6.45) is -0.805. The Bertz CT molecular complexity index is 698. The van der Waals surface area contributed by atoms with E-state index in [0.717, 1.165) is 12.8 Å². The van der Waals surface area contributed by atoms with Crippen LogP contribution in [0.1, 0.15) is 33.6 Å². The molecule has 0 amide bonds. The minimum atomic E-state index is -0.891. The Morgan fingerprint density at radius 2 is 2.08 bits per heavy atom. The summed E-state index contributed by atoms with van der Waals surface area (Å²) in [6.45, 7) is 13.0. The molecule has 0 spiro atoms. The molecule has 6 heteroatoms. The predicted octanol–water partition coefficient (Wildman–Crippen LogP) is 1.52. The second kappa shape index (κ2) is 4.95. The molecule has 0 aromatic rings. The number of hydrogen-bond donors (Lipinski definition) is 1. The molecule has 0 aromatic carbocycles. The molecule has 6 nitrogen and oxygen atoms in total. The minimum absolute atomic E-state index is 0.156. The summed E-state index contributed by atoms with van der Waals surface area (Å²) in [7, 11) is 0. The van der Waals surface area contributed by atoms with Crippen LogP contribution in [0.15, 0.2) is 24.3 Å². The fourth-order valence-electron chi connectivity index (χ4n) is 5.64. The van der Waals surface area contributed by atoms with E-state index in [9.17, 15) is 14.7 Å². The van der Waals surface area contributed by atoms with Crippen molar-refractivity contribution in [1.82, 2.24) is 0 Å². The number of hydrogen-bond acceptors (Lipinski definition) is 6. The second-order valence-corrected chi connectivity index (χ2v) is 8.32. The number of rotatable bonds is 2. The van der Waals surface area contributed by atoms with Gasteiger partial charge < -0.3 is 19.3 Å². The number of ether oxygens (including phenoxy) is 3. The van der Waals surface area contributed by atoms with Gasteiger partial charge in [0.2, 0.25) is 0 Å². The molecule has 4 rings (SSSR count). The Hall–Kier alpha value is -1.66. The quantitative estimate of drug-likeness (QED) is 0.602. The Morgan fingerprint density at radius 3 is 2.72 bits per heavy atom. The lowest BCUT2D eigenvalue weighted by atomic mass is 9.51. The molecule has 136 valence electrons. The molecule has 1 aliphatic carbocycles. The van der Waals surface area contributed by atoms with Gasteiger partial charge in [-0.05, 0) is 26.7 Å². The van der Waals surface area contributed by atoms with Gasteiger partial charge in [-0.1, -0.05) is 20.1 Å². The van der Waals surface area contributed by atoms with Crippen LogP contribution in [0.2, 0.25) is 0 Å². The van der Waals surface area contributed by atoms with E-state index in [4.69, 9.17) is 14.2 Å². The van der Waals surface area contributed by atoms with E-state index >= 15 is 0 Å². The molecular weight excluding hydrogens is 324 g/mol. The number of fused-ring (bicyclic) bond motifs is 6. The summed E-state index contributed by atoms with van der Waals surface area (Å²) in [4.78, 5) is 24.4. The first kappa shape index (κ1) is 16.8. The monoisotopic (exact) mass is 348 g/mol. The minimum Gasteiger partial charge on any atom is -0.458 e. The summed E-state index contributed by atoms with van der Waals surface area (Å²) < 4.78 is 17.5. The lowest BCUT2D eigenvalue weighted by molar-refractivity contribution is -0.202. The van der Waals surface area contributed by atoms with E-state index in [1.807, 2.05) is 13.8 Å². The Balaban J connectivity index is 1.83. The van der Waals surface area contributed by atoms with Crippen molar-refractivity contribution in [3.63, 3.8) is 0 Å². The summed E-state index contributed by atoms with van der Waals surface area (Å²) in [5, 5.41) is 11.1. The third-order valence-electron chi connectivity index (χ3n) is 6.82. The van der Waals surface area contributed by atoms with Crippen molar-refractivity contribution in [2.75, 3.05) is 0 Å². The van der Waals surface area contributed by atoms with E-state index in [1.54, 1.807) is 6.92 Å². The maximum Gasteiger partial charge on any atom is 0.334 e. The SMILES string of the molecule is C=C(C)C(=O)O[C@H]1[C@@H]2C(=C)C(=O)O[C@@H]2[C@@H](O)[C@]2(C)[C@@H]1[C@]1(C)CC[C@H]2O1. The normalized spacial score (nSPS) is 50.2. The molecule has 3 heterocycles. The van der Waals surface area contributed by atoms with Gasteiger partial charge in [0.15, 0.2) is 0 Å². The fraction of sp³-hybridized carbons (Fsp3) is 0.684. The molecule has 25 heavy (non-hydrogen) atoms. The fourth-order valence-corrected chi connectivity index (χ4v) is 5.64.